The molecule has 3 saturated heterocycles. The third-order valence-corrected chi connectivity index (χ3v) is 11.2. The number of aliphatic hydroxyl groups excluding tert-OH is 1. The number of hydrogen-bond acceptors (Lipinski definition) is 5. The van der Waals surface area contributed by atoms with Gasteiger partial charge in [-0.2, -0.15) is 0 Å². The summed E-state index contributed by atoms with van der Waals surface area (Å²) in [5.41, 5.74) is 0.996. The molecule has 3 fully saturated rings. The number of halogens is 1. The highest BCUT2D eigenvalue weighted by Gasteiger charge is 2.76. The summed E-state index contributed by atoms with van der Waals surface area (Å²) in [7, 11) is 0. The Bertz CT molecular complexity index is 964. The summed E-state index contributed by atoms with van der Waals surface area (Å²) in [4.78, 5) is 43.0. The van der Waals surface area contributed by atoms with Crippen LogP contribution in [-0.2, 0) is 20.9 Å². The Morgan fingerprint density at radius 1 is 1.19 bits per heavy atom. The molecule has 0 aromatic heterocycles. The van der Waals surface area contributed by atoms with Gasteiger partial charge in [0.25, 0.3) is 0 Å². The van der Waals surface area contributed by atoms with Crippen molar-refractivity contribution >= 4 is 45.4 Å². The van der Waals surface area contributed by atoms with Crippen LogP contribution in [0.3, 0.4) is 0 Å². The first-order valence-electron chi connectivity index (χ1n) is 13.1. The Labute approximate surface area is 226 Å². The van der Waals surface area contributed by atoms with Gasteiger partial charge in [-0.25, -0.2) is 0 Å². The van der Waals surface area contributed by atoms with Crippen molar-refractivity contribution in [1.82, 2.24) is 15.5 Å². The number of benzene rings is 1. The van der Waals surface area contributed by atoms with Gasteiger partial charge in [-0.1, -0.05) is 79.9 Å². The van der Waals surface area contributed by atoms with Crippen LogP contribution in [0, 0.1) is 17.8 Å². The van der Waals surface area contributed by atoms with Gasteiger partial charge < -0.3 is 20.6 Å². The first kappa shape index (κ1) is 27.5. The van der Waals surface area contributed by atoms with Crippen LogP contribution in [0.15, 0.2) is 30.3 Å². The highest BCUT2D eigenvalue weighted by atomic mass is 79.9. The number of amides is 3. The van der Waals surface area contributed by atoms with Crippen molar-refractivity contribution in [2.45, 2.75) is 79.9 Å². The molecule has 3 unspecified atom stereocenters. The molecule has 0 saturated carbocycles. The Morgan fingerprint density at radius 2 is 1.92 bits per heavy atom. The molecule has 4 rings (SSSR count). The molecule has 3 aliphatic heterocycles. The number of rotatable bonds is 11. The lowest BCUT2D eigenvalue weighted by Gasteiger charge is -2.38. The fourth-order valence-electron chi connectivity index (χ4n) is 6.23. The van der Waals surface area contributed by atoms with Gasteiger partial charge >= 0.3 is 0 Å². The molecule has 7 nitrogen and oxygen atoms in total. The van der Waals surface area contributed by atoms with E-state index in [2.05, 4.69) is 33.5 Å². The second kappa shape index (κ2) is 11.4. The molecular formula is C27H38BrN3O4S. The molecule has 1 spiro atoms. The van der Waals surface area contributed by atoms with Gasteiger partial charge in [-0.3, -0.25) is 14.4 Å². The Kier molecular flexibility index (Phi) is 8.72. The molecule has 0 aliphatic carbocycles. The maximum absolute atomic E-state index is 14.1. The lowest BCUT2D eigenvalue weighted by Crippen LogP contribution is -2.58. The van der Waals surface area contributed by atoms with E-state index >= 15 is 0 Å². The summed E-state index contributed by atoms with van der Waals surface area (Å²) in [6, 6.07) is 8.52. The molecule has 198 valence electrons. The third kappa shape index (κ3) is 4.83. The van der Waals surface area contributed by atoms with Gasteiger partial charge in [-0.05, 0) is 24.3 Å². The first-order chi connectivity index (χ1) is 17.3. The molecular weight excluding hydrogens is 542 g/mol. The second-order valence-corrected chi connectivity index (χ2v) is 13.3. The summed E-state index contributed by atoms with van der Waals surface area (Å²) in [6.45, 7) is 6.76. The van der Waals surface area contributed by atoms with Gasteiger partial charge in [0.15, 0.2) is 0 Å². The maximum atomic E-state index is 14.1. The van der Waals surface area contributed by atoms with Crippen molar-refractivity contribution in [2.24, 2.45) is 17.8 Å². The summed E-state index contributed by atoms with van der Waals surface area (Å²) in [5, 5.41) is 16.3. The minimum atomic E-state index is -0.710. The minimum absolute atomic E-state index is 0.0287. The zero-order valence-electron chi connectivity index (χ0n) is 21.3. The van der Waals surface area contributed by atoms with Crippen LogP contribution in [0.2, 0.25) is 0 Å². The Morgan fingerprint density at radius 3 is 2.56 bits per heavy atom. The quantitative estimate of drug-likeness (QED) is 0.276. The van der Waals surface area contributed by atoms with E-state index in [1.165, 1.54) is 0 Å². The van der Waals surface area contributed by atoms with Gasteiger partial charge in [0.2, 0.25) is 17.7 Å². The number of nitrogens with one attached hydrogen (secondary N) is 2. The van der Waals surface area contributed by atoms with Gasteiger partial charge in [0.1, 0.15) is 6.04 Å². The molecule has 2 bridgehead atoms. The topological polar surface area (TPSA) is 98.7 Å². The van der Waals surface area contributed by atoms with Gasteiger partial charge in [-0.15, -0.1) is 11.8 Å². The molecule has 7 atom stereocenters. The highest BCUT2D eigenvalue weighted by molar-refractivity contribution is 9.09. The number of thioether (sulfide) groups is 1. The average molecular weight is 581 g/mol. The number of carbonyl (C=O) groups is 3. The Balaban J connectivity index is 1.64. The molecule has 3 amide bonds. The highest BCUT2D eigenvalue weighted by Crippen LogP contribution is 2.68. The lowest BCUT2D eigenvalue weighted by atomic mass is 9.70. The van der Waals surface area contributed by atoms with Crippen LogP contribution in [0.1, 0.15) is 52.0 Å². The Hall–Kier alpha value is -1.58. The number of unbranched alkanes of at least 4 members (excludes halogenated alkanes) is 2. The first-order valence-corrected chi connectivity index (χ1v) is 14.9. The predicted octanol–water partition coefficient (Wildman–Crippen LogP) is 3.09. The standard InChI is InChI=1S/C27H38BrN3O4S/c1-4-5-9-12-29-25(34)23-27-13-18(28)22(36-27)20(24(33)30-14-17-10-7-6-8-11-17)21(27)26(35)31(23)19(15-32)16(2)3/h6-8,10-11,16,18-23,32H,4-5,9,12-15H2,1-3H3,(H,29,34)(H,30,33)/t18?,19-,20-,21-,22-,23?,27?/m0/s1. The molecule has 3 aliphatic rings. The molecule has 9 heteroatoms. The van der Waals surface area contributed by atoms with Crippen LogP contribution < -0.4 is 10.6 Å². The van der Waals surface area contributed by atoms with E-state index in [9.17, 15) is 19.5 Å². The number of fused-ring (bicyclic) bond motifs is 1. The second-order valence-electron chi connectivity index (χ2n) is 10.6. The SMILES string of the molecule is CCCCCNC(=O)C1N([C@@H](CO)C(C)C)C(=O)[C@@H]2[C@H](C(=O)NCc3ccccc3)[C@H]3SC12CC3Br. The number of carbonyl (C=O) groups excluding carboxylic acids is 3. The van der Waals surface area contributed by atoms with Crippen molar-refractivity contribution in [2.75, 3.05) is 13.2 Å². The van der Waals surface area contributed by atoms with E-state index in [-0.39, 0.29) is 40.3 Å². The molecule has 1 aromatic rings. The molecule has 0 radical (unpaired) electrons. The van der Waals surface area contributed by atoms with Crippen LogP contribution >= 0.6 is 27.7 Å². The zero-order valence-corrected chi connectivity index (χ0v) is 23.7. The summed E-state index contributed by atoms with van der Waals surface area (Å²) >= 11 is 5.42. The van der Waals surface area contributed by atoms with Crippen molar-refractivity contribution < 1.29 is 19.5 Å². The number of aliphatic hydroxyl groups is 1. The van der Waals surface area contributed by atoms with Crippen molar-refractivity contribution in [3.8, 4) is 0 Å². The number of nitrogens with zero attached hydrogens (tertiary/aromatic N) is 1. The number of alkyl halides is 1. The molecule has 3 heterocycles. The lowest BCUT2D eigenvalue weighted by molar-refractivity contribution is -0.143. The largest absolute Gasteiger partial charge is 0.394 e. The fraction of sp³-hybridized carbons (Fsp3) is 0.667. The van der Waals surface area contributed by atoms with E-state index in [1.807, 2.05) is 44.2 Å². The minimum Gasteiger partial charge on any atom is -0.394 e. The van der Waals surface area contributed by atoms with Gasteiger partial charge in [0.05, 0.1) is 29.2 Å². The normalized spacial score (nSPS) is 31.6. The van der Waals surface area contributed by atoms with E-state index < -0.39 is 28.7 Å². The van der Waals surface area contributed by atoms with E-state index in [4.69, 9.17) is 0 Å². The monoisotopic (exact) mass is 579 g/mol. The van der Waals surface area contributed by atoms with Crippen LogP contribution in [0.5, 0.6) is 0 Å². The molecule has 3 N–H and O–H groups in total. The number of hydrogen-bond donors (Lipinski definition) is 3. The smallest absolute Gasteiger partial charge is 0.244 e. The fourth-order valence-corrected chi connectivity index (χ4v) is 9.83. The van der Waals surface area contributed by atoms with E-state index in [0.29, 0.717) is 19.5 Å². The molecule has 36 heavy (non-hydrogen) atoms. The van der Waals surface area contributed by atoms with Crippen LogP contribution in [0.25, 0.3) is 0 Å². The van der Waals surface area contributed by atoms with Gasteiger partial charge in [0, 0.05) is 23.2 Å². The third-order valence-electron chi connectivity index (χ3n) is 7.98. The van der Waals surface area contributed by atoms with E-state index in [1.54, 1.807) is 16.7 Å². The number of likely N-dealkylation sites (tertiary alicyclic amines) is 1. The average Bonchev–Trinajstić information content (AvgIpc) is 3.45. The van der Waals surface area contributed by atoms with Crippen molar-refractivity contribution in [1.29, 1.82) is 0 Å². The summed E-state index contributed by atoms with van der Waals surface area (Å²) < 4.78 is -0.693. The van der Waals surface area contributed by atoms with Crippen LogP contribution in [0.4, 0.5) is 0 Å². The maximum Gasteiger partial charge on any atom is 0.244 e. The summed E-state index contributed by atoms with van der Waals surface area (Å²) in [6.07, 6.45) is 3.60. The van der Waals surface area contributed by atoms with Crippen LogP contribution in [-0.4, -0.2) is 67.8 Å². The zero-order chi connectivity index (χ0) is 26.0. The van der Waals surface area contributed by atoms with E-state index in [0.717, 1.165) is 24.8 Å². The summed E-state index contributed by atoms with van der Waals surface area (Å²) in [5.74, 6) is -1.64. The van der Waals surface area contributed by atoms with Crippen molar-refractivity contribution in [3.63, 3.8) is 0 Å². The van der Waals surface area contributed by atoms with Crippen molar-refractivity contribution in [3.05, 3.63) is 35.9 Å². The predicted molar refractivity (Wildman–Crippen MR) is 146 cm³/mol. The molecule has 1 aromatic carbocycles.